The van der Waals surface area contributed by atoms with Crippen LogP contribution in [-0.4, -0.2) is 24.7 Å². The third kappa shape index (κ3) is 4.54. The van der Waals surface area contributed by atoms with E-state index in [0.717, 1.165) is 32.1 Å². The molecule has 0 saturated carbocycles. The van der Waals surface area contributed by atoms with Gasteiger partial charge in [0, 0.05) is 18.7 Å². The summed E-state index contributed by atoms with van der Waals surface area (Å²) < 4.78 is 43.3. The zero-order valence-electron chi connectivity index (χ0n) is 10.2. The summed E-state index contributed by atoms with van der Waals surface area (Å²) in [6.07, 6.45) is -1.33. The molecule has 7 heteroatoms. The Morgan fingerprint density at radius 3 is 2.84 bits per heavy atom. The number of hydrogen-bond acceptors (Lipinski definition) is 3. The van der Waals surface area contributed by atoms with Gasteiger partial charge in [-0.25, -0.2) is 4.98 Å². The van der Waals surface area contributed by atoms with Crippen molar-refractivity contribution in [3.63, 3.8) is 0 Å². The van der Waals surface area contributed by atoms with Crippen molar-refractivity contribution in [1.29, 1.82) is 0 Å². The molecule has 0 amide bonds. The maximum absolute atomic E-state index is 12.7. The van der Waals surface area contributed by atoms with Gasteiger partial charge in [0.25, 0.3) is 0 Å². The number of nitrogens with one attached hydrogen (secondary N) is 1. The van der Waals surface area contributed by atoms with Gasteiger partial charge in [-0.2, -0.15) is 13.2 Å². The van der Waals surface area contributed by atoms with Gasteiger partial charge in [0.15, 0.2) is 5.69 Å². The van der Waals surface area contributed by atoms with Gasteiger partial charge in [-0.15, -0.1) is 12.4 Å². The molecule has 1 saturated heterocycles. The molecule has 1 unspecified atom stereocenters. The molecule has 1 aliphatic rings. The molecular formula is C12H16ClF3N2O. The fourth-order valence-electron chi connectivity index (χ4n) is 1.99. The van der Waals surface area contributed by atoms with Crippen LogP contribution in [0.2, 0.25) is 0 Å². The molecule has 1 N–H and O–H groups in total. The Bertz CT molecular complexity index is 395. The summed E-state index contributed by atoms with van der Waals surface area (Å²) in [5, 5.41) is 3.20. The molecule has 3 nitrogen and oxygen atoms in total. The number of halogens is 4. The van der Waals surface area contributed by atoms with E-state index < -0.39 is 11.9 Å². The van der Waals surface area contributed by atoms with Gasteiger partial charge in [0.05, 0.1) is 6.61 Å². The Kier molecular flexibility index (Phi) is 5.87. The molecule has 0 spiro atoms. The number of nitrogens with zero attached hydrogens (tertiary/aromatic N) is 1. The highest BCUT2D eigenvalue weighted by Crippen LogP contribution is 2.34. The average Bonchev–Trinajstić information content (AvgIpc) is 2.37. The molecule has 2 rings (SSSR count). The van der Waals surface area contributed by atoms with Crippen molar-refractivity contribution in [3.05, 3.63) is 24.0 Å². The van der Waals surface area contributed by atoms with Gasteiger partial charge < -0.3 is 10.1 Å². The van der Waals surface area contributed by atoms with Crippen LogP contribution in [0.15, 0.2) is 18.3 Å². The molecule has 1 aromatic heterocycles. The molecular weight excluding hydrogens is 281 g/mol. The fourth-order valence-corrected chi connectivity index (χ4v) is 1.99. The summed E-state index contributed by atoms with van der Waals surface area (Å²) in [5.41, 5.74) is -0.950. The number of pyridine rings is 1. The van der Waals surface area contributed by atoms with Crippen molar-refractivity contribution in [3.8, 4) is 5.75 Å². The van der Waals surface area contributed by atoms with E-state index in [4.69, 9.17) is 4.74 Å². The van der Waals surface area contributed by atoms with Crippen LogP contribution in [0.3, 0.4) is 0 Å². The largest absolute Gasteiger partial charge is 0.491 e. The Labute approximate surface area is 116 Å². The Balaban J connectivity index is 0.00000180. The van der Waals surface area contributed by atoms with E-state index in [1.807, 2.05) is 0 Å². The van der Waals surface area contributed by atoms with Crippen LogP contribution in [0.4, 0.5) is 13.2 Å². The lowest BCUT2D eigenvalue weighted by atomic mass is 10.0. The lowest BCUT2D eigenvalue weighted by Gasteiger charge is -2.23. The minimum absolute atomic E-state index is 0. The summed E-state index contributed by atoms with van der Waals surface area (Å²) in [5.74, 6) is 0.0793. The van der Waals surface area contributed by atoms with E-state index in [2.05, 4.69) is 10.3 Å². The summed E-state index contributed by atoms with van der Waals surface area (Å²) in [6.45, 7) is 2.06. The molecule has 19 heavy (non-hydrogen) atoms. The maximum atomic E-state index is 12.7. The van der Waals surface area contributed by atoms with Gasteiger partial charge in [-0.3, -0.25) is 0 Å². The van der Waals surface area contributed by atoms with Crippen LogP contribution >= 0.6 is 12.4 Å². The predicted molar refractivity (Wildman–Crippen MR) is 67.6 cm³/mol. The number of hydrogen-bond donors (Lipinski definition) is 1. The Morgan fingerprint density at radius 1 is 1.42 bits per heavy atom. The number of piperidine rings is 1. The second-order valence-electron chi connectivity index (χ2n) is 4.37. The number of alkyl halides is 3. The quantitative estimate of drug-likeness (QED) is 0.931. The molecule has 108 valence electrons. The number of rotatable bonds is 3. The molecule has 1 atom stereocenters. The summed E-state index contributed by atoms with van der Waals surface area (Å²) in [4.78, 5) is 3.35. The first-order valence-corrected chi connectivity index (χ1v) is 5.93. The van der Waals surface area contributed by atoms with Gasteiger partial charge >= 0.3 is 6.18 Å². The lowest BCUT2D eigenvalue weighted by Crippen LogP contribution is -2.33. The van der Waals surface area contributed by atoms with Crippen molar-refractivity contribution in [2.45, 2.75) is 19.0 Å². The third-order valence-corrected chi connectivity index (χ3v) is 2.91. The average molecular weight is 297 g/mol. The van der Waals surface area contributed by atoms with Crippen molar-refractivity contribution in [2.75, 3.05) is 19.7 Å². The number of aromatic nitrogens is 1. The minimum Gasteiger partial charge on any atom is -0.491 e. The van der Waals surface area contributed by atoms with Crippen molar-refractivity contribution >= 4 is 12.4 Å². The maximum Gasteiger partial charge on any atom is 0.437 e. The Morgan fingerprint density at radius 2 is 2.21 bits per heavy atom. The predicted octanol–water partition coefficient (Wildman–Crippen LogP) is 2.90. The van der Waals surface area contributed by atoms with Gasteiger partial charge in [-0.05, 0) is 31.5 Å². The van der Waals surface area contributed by atoms with Gasteiger partial charge in [-0.1, -0.05) is 0 Å². The van der Waals surface area contributed by atoms with Crippen LogP contribution in [0, 0.1) is 5.92 Å². The normalized spacial score (nSPS) is 19.6. The van der Waals surface area contributed by atoms with Gasteiger partial charge in [0.2, 0.25) is 0 Å². The summed E-state index contributed by atoms with van der Waals surface area (Å²) >= 11 is 0. The van der Waals surface area contributed by atoms with E-state index in [1.165, 1.54) is 12.1 Å². The highest BCUT2D eigenvalue weighted by molar-refractivity contribution is 5.85. The first-order chi connectivity index (χ1) is 8.57. The second-order valence-corrected chi connectivity index (χ2v) is 4.37. The zero-order chi connectivity index (χ0) is 13.0. The van der Waals surface area contributed by atoms with Crippen LogP contribution < -0.4 is 10.1 Å². The highest BCUT2D eigenvalue weighted by atomic mass is 35.5. The van der Waals surface area contributed by atoms with E-state index in [9.17, 15) is 13.2 Å². The standard InChI is InChI=1S/C12H15F3N2O.ClH/c13-12(14,15)11-10(4-2-6-17-11)18-8-9-3-1-5-16-7-9;/h2,4,6,9,16H,1,3,5,7-8H2;1H. The van der Waals surface area contributed by atoms with E-state index in [1.54, 1.807) is 0 Å². The van der Waals surface area contributed by atoms with Crippen molar-refractivity contribution < 1.29 is 17.9 Å². The molecule has 0 aromatic carbocycles. The van der Waals surface area contributed by atoms with Crippen LogP contribution in [0.1, 0.15) is 18.5 Å². The third-order valence-electron chi connectivity index (χ3n) is 2.91. The molecule has 0 radical (unpaired) electrons. The summed E-state index contributed by atoms with van der Waals surface area (Å²) in [7, 11) is 0. The van der Waals surface area contributed by atoms with Crippen LogP contribution in [0.5, 0.6) is 5.75 Å². The topological polar surface area (TPSA) is 34.1 Å². The van der Waals surface area contributed by atoms with Crippen molar-refractivity contribution in [1.82, 2.24) is 10.3 Å². The SMILES string of the molecule is Cl.FC(F)(F)c1ncccc1OCC1CCCNC1. The molecule has 0 aliphatic carbocycles. The molecule has 2 heterocycles. The fraction of sp³-hybridized carbons (Fsp3) is 0.583. The van der Waals surface area contributed by atoms with Crippen LogP contribution in [0.25, 0.3) is 0 Å². The second kappa shape index (κ2) is 6.96. The van der Waals surface area contributed by atoms with Crippen LogP contribution in [-0.2, 0) is 6.18 Å². The number of ether oxygens (including phenoxy) is 1. The zero-order valence-corrected chi connectivity index (χ0v) is 11.1. The van der Waals surface area contributed by atoms with E-state index in [0.29, 0.717) is 6.61 Å². The first kappa shape index (κ1) is 16.0. The molecule has 1 fully saturated rings. The highest BCUT2D eigenvalue weighted by Gasteiger charge is 2.36. The molecule has 1 aromatic rings. The first-order valence-electron chi connectivity index (χ1n) is 5.93. The smallest absolute Gasteiger partial charge is 0.437 e. The van der Waals surface area contributed by atoms with Gasteiger partial charge in [0.1, 0.15) is 5.75 Å². The molecule has 1 aliphatic heterocycles. The Hall–Kier alpha value is -1.01. The molecule has 0 bridgehead atoms. The monoisotopic (exact) mass is 296 g/mol. The lowest BCUT2D eigenvalue weighted by molar-refractivity contribution is -0.142. The minimum atomic E-state index is -4.47. The van der Waals surface area contributed by atoms with E-state index in [-0.39, 0.29) is 24.1 Å². The van der Waals surface area contributed by atoms with Crippen molar-refractivity contribution in [2.24, 2.45) is 5.92 Å². The summed E-state index contributed by atoms with van der Waals surface area (Å²) in [6, 6.07) is 2.76. The van der Waals surface area contributed by atoms with E-state index >= 15 is 0 Å².